The SMILES string of the molecule is C=C(/C=C(\N=CC)C(=O)NCc1ccc(F)c(C)c1)C(=O)NCc1ccc(OCC(=O)OC(C)(C)C)cc1. The number of rotatable bonds is 11. The van der Waals surface area contributed by atoms with Crippen molar-refractivity contribution in [3.8, 4) is 5.75 Å². The topological polar surface area (TPSA) is 106 Å². The van der Waals surface area contributed by atoms with Crippen LogP contribution in [0, 0.1) is 12.7 Å². The number of hydrogen-bond acceptors (Lipinski definition) is 6. The molecule has 2 rings (SSSR count). The standard InChI is InChI=1S/C29H34FN3O5/c1-7-31-25(28(36)33-17-22-10-13-24(30)19(2)14-22)15-20(3)27(35)32-16-21-8-11-23(12-9-21)37-18-26(34)38-29(4,5)6/h7-15H,3,16-18H2,1-2,4-6H3,(H,32,35)(H,33,36)/b25-15-,31-7?. The molecule has 0 fully saturated rings. The summed E-state index contributed by atoms with van der Waals surface area (Å²) in [6.45, 7) is 12.5. The van der Waals surface area contributed by atoms with Crippen LogP contribution in [-0.2, 0) is 32.2 Å². The molecule has 2 amide bonds. The quantitative estimate of drug-likeness (QED) is 0.198. The van der Waals surface area contributed by atoms with Crippen molar-refractivity contribution in [1.29, 1.82) is 0 Å². The van der Waals surface area contributed by atoms with Crippen molar-refractivity contribution in [1.82, 2.24) is 10.6 Å². The van der Waals surface area contributed by atoms with Crippen LogP contribution in [0.25, 0.3) is 0 Å². The molecule has 38 heavy (non-hydrogen) atoms. The van der Waals surface area contributed by atoms with Crippen LogP contribution >= 0.6 is 0 Å². The fraction of sp³-hybridized carbons (Fsp3) is 0.310. The zero-order valence-electron chi connectivity index (χ0n) is 22.4. The fourth-order valence-corrected chi connectivity index (χ4v) is 3.13. The maximum Gasteiger partial charge on any atom is 0.344 e. The number of esters is 1. The van der Waals surface area contributed by atoms with E-state index in [1.54, 1.807) is 71.0 Å². The van der Waals surface area contributed by atoms with Crippen LogP contribution in [0.4, 0.5) is 4.39 Å². The lowest BCUT2D eigenvalue weighted by molar-refractivity contribution is -0.157. The van der Waals surface area contributed by atoms with E-state index in [-0.39, 0.29) is 36.8 Å². The van der Waals surface area contributed by atoms with Gasteiger partial charge in [-0.2, -0.15) is 0 Å². The van der Waals surface area contributed by atoms with Gasteiger partial charge in [-0.05, 0) is 75.6 Å². The van der Waals surface area contributed by atoms with Crippen LogP contribution in [0.15, 0.2) is 71.4 Å². The number of carbonyl (C=O) groups is 3. The van der Waals surface area contributed by atoms with Gasteiger partial charge in [0.2, 0.25) is 0 Å². The summed E-state index contributed by atoms with van der Waals surface area (Å²) in [4.78, 5) is 41.0. The Kier molecular flexibility index (Phi) is 10.9. The second-order valence-corrected chi connectivity index (χ2v) is 9.41. The Balaban J connectivity index is 1.89. The van der Waals surface area contributed by atoms with Crippen LogP contribution in [-0.4, -0.2) is 36.2 Å². The van der Waals surface area contributed by atoms with E-state index in [0.717, 1.165) is 11.1 Å². The Morgan fingerprint density at radius 2 is 1.61 bits per heavy atom. The Hall–Kier alpha value is -4.27. The molecule has 202 valence electrons. The normalized spacial score (nSPS) is 11.7. The highest BCUT2D eigenvalue weighted by Crippen LogP contribution is 2.14. The number of hydrogen-bond donors (Lipinski definition) is 2. The van der Waals surface area contributed by atoms with Crippen LogP contribution in [0.2, 0.25) is 0 Å². The smallest absolute Gasteiger partial charge is 0.344 e. The van der Waals surface area contributed by atoms with E-state index >= 15 is 0 Å². The van der Waals surface area contributed by atoms with Gasteiger partial charge < -0.3 is 20.1 Å². The highest BCUT2D eigenvalue weighted by atomic mass is 19.1. The first-order chi connectivity index (χ1) is 17.9. The minimum Gasteiger partial charge on any atom is -0.482 e. The summed E-state index contributed by atoms with van der Waals surface area (Å²) >= 11 is 0. The molecule has 0 atom stereocenters. The van der Waals surface area contributed by atoms with E-state index in [4.69, 9.17) is 9.47 Å². The van der Waals surface area contributed by atoms with Gasteiger partial charge in [0.05, 0.1) is 0 Å². The van der Waals surface area contributed by atoms with Crippen molar-refractivity contribution >= 4 is 24.0 Å². The molecule has 0 heterocycles. The third-order valence-electron chi connectivity index (χ3n) is 4.93. The molecule has 0 aliphatic heterocycles. The Morgan fingerprint density at radius 1 is 1.00 bits per heavy atom. The zero-order valence-corrected chi connectivity index (χ0v) is 22.4. The zero-order chi connectivity index (χ0) is 28.3. The van der Waals surface area contributed by atoms with E-state index in [1.807, 2.05) is 0 Å². The van der Waals surface area contributed by atoms with Crippen molar-refractivity contribution in [3.05, 3.63) is 88.9 Å². The Morgan fingerprint density at radius 3 is 2.21 bits per heavy atom. The number of carbonyl (C=O) groups excluding carboxylic acids is 3. The molecule has 0 spiro atoms. The average Bonchev–Trinajstić information content (AvgIpc) is 2.85. The molecule has 2 N–H and O–H groups in total. The highest BCUT2D eigenvalue weighted by molar-refractivity contribution is 6.00. The van der Waals surface area contributed by atoms with Crippen molar-refractivity contribution < 1.29 is 28.2 Å². The van der Waals surface area contributed by atoms with Gasteiger partial charge in [0.1, 0.15) is 22.9 Å². The summed E-state index contributed by atoms with van der Waals surface area (Å²) in [7, 11) is 0. The number of ether oxygens (including phenoxy) is 2. The molecule has 9 heteroatoms. The van der Waals surface area contributed by atoms with Crippen molar-refractivity contribution in [2.45, 2.75) is 53.3 Å². The van der Waals surface area contributed by atoms with Gasteiger partial charge in [0, 0.05) is 24.9 Å². The van der Waals surface area contributed by atoms with Gasteiger partial charge >= 0.3 is 5.97 Å². The largest absolute Gasteiger partial charge is 0.482 e. The van der Waals surface area contributed by atoms with Crippen molar-refractivity contribution in [2.24, 2.45) is 4.99 Å². The molecule has 0 unspecified atom stereocenters. The van der Waals surface area contributed by atoms with Gasteiger partial charge in [0.25, 0.3) is 11.8 Å². The minimum absolute atomic E-state index is 0.0120. The second kappa shape index (κ2) is 13.9. The minimum atomic E-state index is -0.585. The highest BCUT2D eigenvalue weighted by Gasteiger charge is 2.16. The number of nitrogens with zero attached hydrogens (tertiary/aromatic N) is 1. The molecule has 0 aliphatic carbocycles. The molecule has 8 nitrogen and oxygen atoms in total. The van der Waals surface area contributed by atoms with E-state index in [0.29, 0.717) is 11.3 Å². The molecular weight excluding hydrogens is 489 g/mol. The van der Waals surface area contributed by atoms with Gasteiger partial charge in [-0.1, -0.05) is 30.8 Å². The number of benzene rings is 2. The summed E-state index contributed by atoms with van der Waals surface area (Å²) < 4.78 is 24.1. The maximum absolute atomic E-state index is 13.5. The lowest BCUT2D eigenvalue weighted by Gasteiger charge is -2.19. The first kappa shape index (κ1) is 30.0. The fourth-order valence-electron chi connectivity index (χ4n) is 3.13. The molecule has 0 bridgehead atoms. The summed E-state index contributed by atoms with van der Waals surface area (Å²) in [6, 6.07) is 11.4. The second-order valence-electron chi connectivity index (χ2n) is 9.41. The van der Waals surface area contributed by atoms with E-state index < -0.39 is 23.4 Å². The van der Waals surface area contributed by atoms with Crippen molar-refractivity contribution in [2.75, 3.05) is 6.61 Å². The maximum atomic E-state index is 13.5. The number of nitrogens with one attached hydrogen (secondary N) is 2. The number of aryl methyl sites for hydroxylation is 1. The monoisotopic (exact) mass is 523 g/mol. The van der Waals surface area contributed by atoms with E-state index in [2.05, 4.69) is 22.2 Å². The Labute approximate surface area is 222 Å². The van der Waals surface area contributed by atoms with Gasteiger partial charge in [0.15, 0.2) is 6.61 Å². The average molecular weight is 524 g/mol. The lowest BCUT2D eigenvalue weighted by Crippen LogP contribution is -2.27. The van der Waals surface area contributed by atoms with Crippen LogP contribution in [0.3, 0.4) is 0 Å². The number of amides is 2. The lowest BCUT2D eigenvalue weighted by atomic mass is 10.1. The summed E-state index contributed by atoms with van der Waals surface area (Å²) in [6.07, 6.45) is 2.74. The number of halogens is 1. The van der Waals surface area contributed by atoms with Gasteiger partial charge in [-0.3, -0.25) is 14.6 Å². The van der Waals surface area contributed by atoms with Crippen LogP contribution in [0.1, 0.15) is 44.4 Å². The molecule has 0 saturated heterocycles. The summed E-state index contributed by atoms with van der Waals surface area (Å²) in [5.74, 6) is -1.27. The van der Waals surface area contributed by atoms with Gasteiger partial charge in [-0.15, -0.1) is 0 Å². The van der Waals surface area contributed by atoms with Crippen LogP contribution in [0.5, 0.6) is 5.75 Å². The molecule has 2 aromatic rings. The first-order valence-corrected chi connectivity index (χ1v) is 12.0. The third kappa shape index (κ3) is 10.4. The van der Waals surface area contributed by atoms with Crippen molar-refractivity contribution in [3.63, 3.8) is 0 Å². The number of aliphatic imine (C=N–C) groups is 1. The van der Waals surface area contributed by atoms with Gasteiger partial charge in [-0.25, -0.2) is 9.18 Å². The predicted molar refractivity (Wildman–Crippen MR) is 144 cm³/mol. The molecular formula is C29H34FN3O5. The van der Waals surface area contributed by atoms with E-state index in [1.165, 1.54) is 18.4 Å². The molecule has 0 saturated carbocycles. The summed E-state index contributed by atoms with van der Waals surface area (Å²) in [5, 5.41) is 5.44. The third-order valence-corrected chi connectivity index (χ3v) is 4.93. The van der Waals surface area contributed by atoms with E-state index in [9.17, 15) is 18.8 Å². The predicted octanol–water partition coefficient (Wildman–Crippen LogP) is 4.32. The first-order valence-electron chi connectivity index (χ1n) is 12.0. The molecule has 0 aromatic heterocycles. The molecule has 0 aliphatic rings. The summed E-state index contributed by atoms with van der Waals surface area (Å²) in [5.41, 5.74) is 1.48. The van der Waals surface area contributed by atoms with Crippen LogP contribution < -0.4 is 15.4 Å². The molecule has 0 radical (unpaired) electrons. The molecule has 2 aromatic carbocycles. The Bertz CT molecular complexity index is 1230.